The zero-order valence-electron chi connectivity index (χ0n) is 37.9. The molecule has 0 saturated heterocycles. The van der Waals surface area contributed by atoms with Crippen LogP contribution in [0.3, 0.4) is 0 Å². The van der Waals surface area contributed by atoms with Crippen LogP contribution in [0.15, 0.2) is 44.8 Å². The quantitative estimate of drug-likeness (QED) is 0.0297. The summed E-state index contributed by atoms with van der Waals surface area (Å²) in [6.07, 6.45) is 38.6. The molecule has 330 valence electrons. The summed E-state index contributed by atoms with van der Waals surface area (Å²) in [5.41, 5.74) is 0.894. The topological polar surface area (TPSA) is 118 Å². The van der Waals surface area contributed by atoms with Crippen LogP contribution in [0.2, 0.25) is 0 Å². The first-order valence-electron chi connectivity index (χ1n) is 23.5. The second-order valence-corrected chi connectivity index (χ2v) is 16.3. The lowest BCUT2D eigenvalue weighted by atomic mass is 10.0. The fourth-order valence-corrected chi connectivity index (χ4v) is 7.07. The fraction of sp³-hybridized carbons (Fsp3) is 0.720. The second kappa shape index (κ2) is 35.5. The van der Waals surface area contributed by atoms with E-state index < -0.39 is 0 Å². The molecule has 0 amide bonds. The summed E-state index contributed by atoms with van der Waals surface area (Å²) in [7, 11) is 0. The Morgan fingerprint density at radius 1 is 0.448 bits per heavy atom. The summed E-state index contributed by atoms with van der Waals surface area (Å²) in [5, 5.41) is 20.2. The Kier molecular flexibility index (Phi) is 32.2. The first kappa shape index (κ1) is 52.6. The molecule has 8 nitrogen and oxygen atoms in total. The highest BCUT2D eigenvalue weighted by Crippen LogP contribution is 2.40. The highest BCUT2D eigenvalue weighted by molar-refractivity contribution is 6.14. The predicted molar refractivity (Wildman–Crippen MR) is 246 cm³/mol. The molecular weight excluding hydrogens is 725 g/mol. The second-order valence-electron chi connectivity index (χ2n) is 16.3. The first-order chi connectivity index (χ1) is 28.1. The molecule has 1 rings (SSSR count). The Balaban J connectivity index is 2.90. The zero-order valence-corrected chi connectivity index (χ0v) is 37.9. The molecular formula is C50H84N2O6. The van der Waals surface area contributed by atoms with Gasteiger partial charge in [0, 0.05) is 24.6 Å². The zero-order chi connectivity index (χ0) is 42.6. The average molecular weight is 809 g/mol. The maximum absolute atomic E-state index is 12.2. The van der Waals surface area contributed by atoms with Crippen molar-refractivity contribution >= 4 is 35.4 Å². The summed E-state index contributed by atoms with van der Waals surface area (Å²) in [6, 6.07) is 3.47. The van der Waals surface area contributed by atoms with Crippen molar-refractivity contribution in [3.63, 3.8) is 0 Å². The number of benzene rings is 1. The van der Waals surface area contributed by atoms with Gasteiger partial charge in [-0.15, -0.1) is 0 Å². The highest BCUT2D eigenvalue weighted by Gasteiger charge is 2.15. The minimum absolute atomic E-state index is 0.0773. The first-order valence-corrected chi connectivity index (χ1v) is 23.5. The SMILES string of the molecule is CCCCCCCCCCCCCCCCOc1cc(N=C/C(C(C)=O)=C(/C)O)c(N=C/C(C(C)=O)=C(/C)O)cc1OCCCCCCCCCCCCCCCC. The molecule has 0 radical (unpaired) electrons. The predicted octanol–water partition coefficient (Wildman–Crippen LogP) is 15.7. The third-order valence-electron chi connectivity index (χ3n) is 10.8. The van der Waals surface area contributed by atoms with Gasteiger partial charge in [-0.1, -0.05) is 181 Å². The van der Waals surface area contributed by atoms with Crippen molar-refractivity contribution in [2.45, 2.75) is 221 Å². The van der Waals surface area contributed by atoms with Gasteiger partial charge in [-0.3, -0.25) is 19.6 Å². The van der Waals surface area contributed by atoms with E-state index in [2.05, 4.69) is 23.8 Å². The molecule has 0 fully saturated rings. The molecule has 0 aromatic heterocycles. The van der Waals surface area contributed by atoms with E-state index in [1.54, 1.807) is 12.1 Å². The number of rotatable bonds is 38. The average Bonchev–Trinajstić information content (AvgIpc) is 3.18. The van der Waals surface area contributed by atoms with E-state index in [4.69, 9.17) is 9.47 Å². The number of aliphatic hydroxyl groups is 2. The maximum atomic E-state index is 12.2. The molecule has 0 bridgehead atoms. The standard InChI is InChI=1S/C50H84N2O6/c1-7-9-11-13-15-17-19-21-23-25-27-29-31-33-35-57-49-37-47(51-39-45(41(3)53)42(4)54)48(52-40-46(43(5)55)44(6)56)38-50(49)58-36-34-32-30-28-26-24-22-20-18-16-14-12-10-8-2/h37-40,53,55H,7-36H2,1-6H3/b45-41+,46-43+,51-39?,52-40?. The Hall–Kier alpha value is -3.42. The van der Waals surface area contributed by atoms with E-state index in [-0.39, 0.29) is 34.2 Å². The van der Waals surface area contributed by atoms with Gasteiger partial charge in [-0.05, 0) is 40.5 Å². The van der Waals surface area contributed by atoms with Crippen molar-refractivity contribution in [2.75, 3.05) is 13.2 Å². The van der Waals surface area contributed by atoms with Gasteiger partial charge in [-0.2, -0.15) is 0 Å². The van der Waals surface area contributed by atoms with Gasteiger partial charge in [0.15, 0.2) is 23.1 Å². The number of aliphatic imine (C=N–C) groups is 2. The minimum atomic E-state index is -0.325. The smallest absolute Gasteiger partial charge is 0.164 e. The molecule has 2 N–H and O–H groups in total. The van der Waals surface area contributed by atoms with E-state index in [1.165, 1.54) is 194 Å². The van der Waals surface area contributed by atoms with Crippen LogP contribution in [-0.2, 0) is 9.59 Å². The summed E-state index contributed by atoms with van der Waals surface area (Å²) in [5.74, 6) is 0.132. The number of hydrogen-bond donors (Lipinski definition) is 2. The van der Waals surface area contributed by atoms with Crippen LogP contribution in [0.5, 0.6) is 11.5 Å². The van der Waals surface area contributed by atoms with Crippen molar-refractivity contribution in [1.29, 1.82) is 0 Å². The van der Waals surface area contributed by atoms with Crippen LogP contribution in [0.4, 0.5) is 11.4 Å². The number of hydrogen-bond acceptors (Lipinski definition) is 8. The lowest BCUT2D eigenvalue weighted by Gasteiger charge is -2.15. The highest BCUT2D eigenvalue weighted by atomic mass is 16.5. The molecule has 0 aliphatic rings. The van der Waals surface area contributed by atoms with Gasteiger partial charge in [0.1, 0.15) is 11.5 Å². The van der Waals surface area contributed by atoms with Gasteiger partial charge in [0.25, 0.3) is 0 Å². The Bertz CT molecular complexity index is 1270. The number of ether oxygens (including phenoxy) is 2. The molecule has 58 heavy (non-hydrogen) atoms. The van der Waals surface area contributed by atoms with Crippen molar-refractivity contribution in [2.24, 2.45) is 9.98 Å². The molecule has 0 spiro atoms. The number of carbonyl (C=O) groups is 2. The van der Waals surface area contributed by atoms with E-state index in [0.717, 1.165) is 25.7 Å². The molecule has 0 aliphatic carbocycles. The van der Waals surface area contributed by atoms with Crippen molar-refractivity contribution in [3.05, 3.63) is 34.8 Å². The number of Topliss-reactive ketones (excluding diaryl/α,β-unsaturated/α-hetero) is 2. The Labute approximate surface area is 354 Å². The lowest BCUT2D eigenvalue weighted by Crippen LogP contribution is -2.04. The number of carbonyl (C=O) groups excluding carboxylic acids is 2. The van der Waals surface area contributed by atoms with Gasteiger partial charge in [0.2, 0.25) is 0 Å². The Morgan fingerprint density at radius 2 is 0.690 bits per heavy atom. The van der Waals surface area contributed by atoms with Crippen molar-refractivity contribution in [3.8, 4) is 11.5 Å². The number of nitrogens with zero attached hydrogens (tertiary/aromatic N) is 2. The van der Waals surface area contributed by atoms with Crippen LogP contribution >= 0.6 is 0 Å². The van der Waals surface area contributed by atoms with Gasteiger partial charge < -0.3 is 19.7 Å². The van der Waals surface area contributed by atoms with E-state index in [0.29, 0.717) is 36.1 Å². The van der Waals surface area contributed by atoms with Crippen LogP contribution in [0, 0.1) is 0 Å². The molecule has 0 saturated carbocycles. The number of ketones is 2. The molecule has 1 aromatic rings. The van der Waals surface area contributed by atoms with Gasteiger partial charge >= 0.3 is 0 Å². The van der Waals surface area contributed by atoms with E-state index >= 15 is 0 Å². The third-order valence-corrected chi connectivity index (χ3v) is 10.8. The van der Waals surface area contributed by atoms with E-state index in [1.807, 2.05) is 0 Å². The molecule has 0 atom stereocenters. The number of unbranched alkanes of at least 4 members (excludes halogenated alkanes) is 26. The summed E-state index contributed by atoms with van der Waals surface area (Å²) in [4.78, 5) is 33.5. The Morgan fingerprint density at radius 3 is 0.914 bits per heavy atom. The van der Waals surface area contributed by atoms with E-state index in [9.17, 15) is 19.8 Å². The molecule has 8 heteroatoms. The summed E-state index contributed by atoms with van der Waals surface area (Å²) >= 11 is 0. The van der Waals surface area contributed by atoms with Crippen LogP contribution in [0.25, 0.3) is 0 Å². The fourth-order valence-electron chi connectivity index (χ4n) is 7.07. The van der Waals surface area contributed by atoms with Crippen molar-refractivity contribution in [1.82, 2.24) is 0 Å². The maximum Gasteiger partial charge on any atom is 0.164 e. The van der Waals surface area contributed by atoms with Crippen molar-refractivity contribution < 1.29 is 29.3 Å². The van der Waals surface area contributed by atoms with Gasteiger partial charge in [0.05, 0.1) is 35.7 Å². The summed E-state index contributed by atoms with van der Waals surface area (Å²) < 4.78 is 12.7. The van der Waals surface area contributed by atoms with Gasteiger partial charge in [-0.25, -0.2) is 0 Å². The molecule has 0 aliphatic heterocycles. The number of aliphatic hydroxyl groups excluding tert-OH is 2. The summed E-state index contributed by atoms with van der Waals surface area (Å²) in [6.45, 7) is 11.2. The molecule has 0 unspecified atom stereocenters. The largest absolute Gasteiger partial charge is 0.512 e. The van der Waals surface area contributed by atoms with Crippen LogP contribution in [0.1, 0.15) is 221 Å². The third kappa shape index (κ3) is 26.6. The van der Waals surface area contributed by atoms with Crippen LogP contribution < -0.4 is 9.47 Å². The number of allylic oxidation sites excluding steroid dienone is 4. The normalized spacial score (nSPS) is 12.7. The van der Waals surface area contributed by atoms with Crippen LogP contribution in [-0.4, -0.2) is 47.4 Å². The molecule has 0 heterocycles. The monoisotopic (exact) mass is 809 g/mol. The molecule has 1 aromatic carbocycles. The lowest BCUT2D eigenvalue weighted by molar-refractivity contribution is -0.114. The minimum Gasteiger partial charge on any atom is -0.512 e.